The Morgan fingerprint density at radius 2 is 1.91 bits per heavy atom. The molecule has 1 aliphatic heterocycles. The SMILES string of the molecule is COc1ccc2[nH]cc(C3CCN(CC(=O)Nc4cccc(C(=O)NC5CC5)c4)CC3)c2c1. The third-order valence-corrected chi connectivity index (χ3v) is 6.64. The smallest absolute Gasteiger partial charge is 0.251 e. The lowest BCUT2D eigenvalue weighted by atomic mass is 9.89. The molecule has 2 amide bonds. The molecule has 7 heteroatoms. The fraction of sp³-hybridized carbons (Fsp3) is 0.385. The van der Waals surface area contributed by atoms with Gasteiger partial charge in [0.2, 0.25) is 5.91 Å². The summed E-state index contributed by atoms with van der Waals surface area (Å²) < 4.78 is 5.39. The van der Waals surface area contributed by atoms with E-state index in [9.17, 15) is 9.59 Å². The van der Waals surface area contributed by atoms with Crippen molar-refractivity contribution in [1.82, 2.24) is 15.2 Å². The highest BCUT2D eigenvalue weighted by atomic mass is 16.5. The molecular weight excluding hydrogens is 416 g/mol. The zero-order chi connectivity index (χ0) is 22.8. The van der Waals surface area contributed by atoms with E-state index in [0.717, 1.165) is 50.0 Å². The molecule has 0 radical (unpaired) electrons. The number of methoxy groups -OCH3 is 1. The summed E-state index contributed by atoms with van der Waals surface area (Å²) in [4.78, 5) is 30.5. The molecule has 1 aliphatic carbocycles. The maximum atomic E-state index is 12.6. The van der Waals surface area contributed by atoms with Crippen molar-refractivity contribution < 1.29 is 14.3 Å². The van der Waals surface area contributed by atoms with Gasteiger partial charge in [-0.25, -0.2) is 0 Å². The van der Waals surface area contributed by atoms with Gasteiger partial charge in [-0.1, -0.05) is 6.07 Å². The lowest BCUT2D eigenvalue weighted by Gasteiger charge is -2.31. The van der Waals surface area contributed by atoms with E-state index in [2.05, 4.69) is 38.8 Å². The Hall–Kier alpha value is -3.32. The Kier molecular flexibility index (Phi) is 6.05. The van der Waals surface area contributed by atoms with Gasteiger partial charge in [0.15, 0.2) is 0 Å². The minimum Gasteiger partial charge on any atom is -0.497 e. The maximum absolute atomic E-state index is 12.6. The predicted octanol–water partition coefficient (Wildman–Crippen LogP) is 3.89. The first kappa shape index (κ1) is 21.5. The number of carbonyl (C=O) groups excluding carboxylic acids is 2. The second-order valence-corrected chi connectivity index (χ2v) is 9.08. The van der Waals surface area contributed by atoms with Crippen molar-refractivity contribution in [2.24, 2.45) is 0 Å². The number of H-pyrrole nitrogens is 1. The molecule has 2 aromatic carbocycles. The minimum absolute atomic E-state index is 0.0509. The highest BCUT2D eigenvalue weighted by molar-refractivity contribution is 5.97. The number of amides is 2. The Labute approximate surface area is 193 Å². The average Bonchev–Trinajstić information content (AvgIpc) is 3.55. The Morgan fingerprint density at radius 3 is 2.67 bits per heavy atom. The number of benzene rings is 2. The number of carbonyl (C=O) groups is 2. The number of likely N-dealkylation sites (tertiary alicyclic amines) is 1. The number of aromatic amines is 1. The average molecular weight is 447 g/mol. The van der Waals surface area contributed by atoms with Gasteiger partial charge in [0.05, 0.1) is 13.7 Å². The second kappa shape index (κ2) is 9.27. The first-order chi connectivity index (χ1) is 16.1. The number of anilines is 1. The fourth-order valence-corrected chi connectivity index (χ4v) is 4.63. The standard InChI is InChI=1S/C26H30N4O3/c1-33-21-7-8-24-22(14-21)23(15-27-24)17-9-11-30(12-10-17)16-25(31)28-20-4-2-3-18(13-20)26(32)29-19-5-6-19/h2-4,7-8,13-15,17,19,27H,5-6,9-12,16H2,1H3,(H,28,31)(H,29,32). The monoisotopic (exact) mass is 446 g/mol. The van der Waals surface area contributed by atoms with E-state index >= 15 is 0 Å². The summed E-state index contributed by atoms with van der Waals surface area (Å²) in [5, 5.41) is 7.15. The summed E-state index contributed by atoms with van der Waals surface area (Å²) in [7, 11) is 1.69. The van der Waals surface area contributed by atoms with Gasteiger partial charge in [0.25, 0.3) is 5.91 Å². The minimum atomic E-state index is -0.0782. The number of rotatable bonds is 7. The van der Waals surface area contributed by atoms with Crippen molar-refractivity contribution in [3.8, 4) is 5.75 Å². The van der Waals surface area contributed by atoms with Crippen LogP contribution in [0.25, 0.3) is 10.9 Å². The van der Waals surface area contributed by atoms with E-state index in [4.69, 9.17) is 4.74 Å². The van der Waals surface area contributed by atoms with Crippen LogP contribution in [0.2, 0.25) is 0 Å². The summed E-state index contributed by atoms with van der Waals surface area (Å²) in [5.41, 5.74) is 3.69. The molecule has 0 bridgehead atoms. The van der Waals surface area contributed by atoms with E-state index in [0.29, 0.717) is 29.8 Å². The lowest BCUT2D eigenvalue weighted by Crippen LogP contribution is -2.38. The zero-order valence-electron chi connectivity index (χ0n) is 18.9. The third kappa shape index (κ3) is 5.03. The summed E-state index contributed by atoms with van der Waals surface area (Å²) in [6, 6.07) is 13.6. The van der Waals surface area contributed by atoms with Crippen LogP contribution in [-0.4, -0.2) is 54.5 Å². The van der Waals surface area contributed by atoms with Crippen molar-refractivity contribution in [2.45, 2.75) is 37.6 Å². The van der Waals surface area contributed by atoms with Gasteiger partial charge in [0.1, 0.15) is 5.75 Å². The first-order valence-electron chi connectivity index (χ1n) is 11.7. The number of nitrogens with zero attached hydrogens (tertiary/aromatic N) is 1. The van der Waals surface area contributed by atoms with Gasteiger partial charge >= 0.3 is 0 Å². The van der Waals surface area contributed by atoms with E-state index in [1.807, 2.05) is 12.1 Å². The van der Waals surface area contributed by atoms with Crippen LogP contribution < -0.4 is 15.4 Å². The highest BCUT2D eigenvalue weighted by Crippen LogP contribution is 2.34. The third-order valence-electron chi connectivity index (χ3n) is 6.64. The van der Waals surface area contributed by atoms with Gasteiger partial charge in [-0.2, -0.15) is 0 Å². The lowest BCUT2D eigenvalue weighted by molar-refractivity contribution is -0.117. The van der Waals surface area contributed by atoms with Crippen LogP contribution in [0.4, 0.5) is 5.69 Å². The molecule has 1 aromatic heterocycles. The van der Waals surface area contributed by atoms with Gasteiger partial charge in [0, 0.05) is 34.4 Å². The van der Waals surface area contributed by atoms with E-state index in [1.54, 1.807) is 25.3 Å². The van der Waals surface area contributed by atoms with Crippen LogP contribution >= 0.6 is 0 Å². The highest BCUT2D eigenvalue weighted by Gasteiger charge is 2.25. The van der Waals surface area contributed by atoms with Crippen LogP contribution in [-0.2, 0) is 4.79 Å². The first-order valence-corrected chi connectivity index (χ1v) is 11.7. The number of fused-ring (bicyclic) bond motifs is 1. The van der Waals surface area contributed by atoms with Gasteiger partial charge in [-0.15, -0.1) is 0 Å². The Balaban J connectivity index is 1.15. The molecule has 1 saturated heterocycles. The normalized spacial score (nSPS) is 17.1. The quantitative estimate of drug-likeness (QED) is 0.514. The number of nitrogens with one attached hydrogen (secondary N) is 3. The molecule has 2 heterocycles. The number of aromatic nitrogens is 1. The van der Waals surface area contributed by atoms with Crippen molar-refractivity contribution in [3.63, 3.8) is 0 Å². The van der Waals surface area contributed by atoms with Crippen LogP contribution in [0.3, 0.4) is 0 Å². The number of ether oxygens (including phenoxy) is 1. The fourth-order valence-electron chi connectivity index (χ4n) is 4.63. The molecule has 7 nitrogen and oxygen atoms in total. The Bertz CT molecular complexity index is 1160. The van der Waals surface area contributed by atoms with Crippen molar-refractivity contribution in [2.75, 3.05) is 32.1 Å². The van der Waals surface area contributed by atoms with E-state index < -0.39 is 0 Å². The van der Waals surface area contributed by atoms with E-state index in [-0.39, 0.29) is 11.8 Å². The summed E-state index contributed by atoms with van der Waals surface area (Å²) >= 11 is 0. The largest absolute Gasteiger partial charge is 0.497 e. The van der Waals surface area contributed by atoms with Crippen LogP contribution in [0.1, 0.15) is 47.5 Å². The molecule has 3 aromatic rings. The number of hydrogen-bond donors (Lipinski definition) is 3. The maximum Gasteiger partial charge on any atom is 0.251 e. The summed E-state index contributed by atoms with van der Waals surface area (Å²) in [5.74, 6) is 1.20. The molecule has 33 heavy (non-hydrogen) atoms. The molecule has 5 rings (SSSR count). The Morgan fingerprint density at radius 1 is 1.09 bits per heavy atom. The molecular formula is C26H30N4O3. The second-order valence-electron chi connectivity index (χ2n) is 9.08. The molecule has 172 valence electrons. The zero-order valence-corrected chi connectivity index (χ0v) is 18.9. The molecule has 0 unspecified atom stereocenters. The van der Waals surface area contributed by atoms with Crippen molar-refractivity contribution in [1.29, 1.82) is 0 Å². The van der Waals surface area contributed by atoms with Crippen LogP contribution in [0.5, 0.6) is 5.75 Å². The van der Waals surface area contributed by atoms with Crippen LogP contribution in [0, 0.1) is 0 Å². The molecule has 2 fully saturated rings. The van der Waals surface area contributed by atoms with E-state index in [1.165, 1.54) is 10.9 Å². The molecule has 3 N–H and O–H groups in total. The van der Waals surface area contributed by atoms with Gasteiger partial charge in [-0.3, -0.25) is 14.5 Å². The molecule has 0 atom stereocenters. The van der Waals surface area contributed by atoms with Gasteiger partial charge < -0.3 is 20.4 Å². The molecule has 1 saturated carbocycles. The summed E-state index contributed by atoms with van der Waals surface area (Å²) in [6.45, 7) is 2.10. The number of hydrogen-bond acceptors (Lipinski definition) is 4. The predicted molar refractivity (Wildman–Crippen MR) is 129 cm³/mol. The van der Waals surface area contributed by atoms with Crippen LogP contribution in [0.15, 0.2) is 48.7 Å². The number of piperidine rings is 1. The van der Waals surface area contributed by atoms with Crippen molar-refractivity contribution in [3.05, 3.63) is 59.8 Å². The molecule has 0 spiro atoms. The van der Waals surface area contributed by atoms with Gasteiger partial charge in [-0.05, 0) is 86.7 Å². The topological polar surface area (TPSA) is 86.5 Å². The van der Waals surface area contributed by atoms with Crippen molar-refractivity contribution >= 4 is 28.4 Å². The molecule has 2 aliphatic rings. The summed E-state index contributed by atoms with van der Waals surface area (Å²) in [6.07, 6.45) is 6.23.